The predicted molar refractivity (Wildman–Crippen MR) is 64.6 cm³/mol. The lowest BCUT2D eigenvalue weighted by Crippen LogP contribution is -2.19. The Balaban J connectivity index is 2.75. The highest BCUT2D eigenvalue weighted by atomic mass is 16.1. The summed E-state index contributed by atoms with van der Waals surface area (Å²) in [6, 6.07) is 0. The molecule has 0 aromatic carbocycles. The van der Waals surface area contributed by atoms with Gasteiger partial charge in [-0.25, -0.2) is 0 Å². The van der Waals surface area contributed by atoms with Gasteiger partial charge in [-0.05, 0) is 38.5 Å². The SMILES string of the molecule is CC1=CCC(/C=C/C(C)(C)C=O)C1(C)C. The van der Waals surface area contributed by atoms with Gasteiger partial charge in [0, 0.05) is 5.41 Å². The molecule has 0 N–H and O–H groups in total. The molecule has 0 aromatic rings. The Labute approximate surface area is 93.3 Å². The van der Waals surface area contributed by atoms with Crippen molar-refractivity contribution in [2.45, 2.75) is 41.0 Å². The molecule has 0 saturated heterocycles. The average molecular weight is 206 g/mol. The summed E-state index contributed by atoms with van der Waals surface area (Å²) in [7, 11) is 0. The van der Waals surface area contributed by atoms with Crippen LogP contribution < -0.4 is 0 Å². The molecule has 0 bridgehead atoms. The first kappa shape index (κ1) is 12.2. The van der Waals surface area contributed by atoms with Crippen molar-refractivity contribution in [1.82, 2.24) is 0 Å². The molecule has 0 spiro atoms. The highest BCUT2D eigenvalue weighted by molar-refractivity contribution is 5.61. The molecule has 1 heteroatoms. The van der Waals surface area contributed by atoms with Crippen molar-refractivity contribution in [3.63, 3.8) is 0 Å². The minimum absolute atomic E-state index is 0.246. The van der Waals surface area contributed by atoms with Crippen LogP contribution >= 0.6 is 0 Å². The number of hydrogen-bond acceptors (Lipinski definition) is 1. The van der Waals surface area contributed by atoms with Gasteiger partial charge in [0.2, 0.25) is 0 Å². The lowest BCUT2D eigenvalue weighted by molar-refractivity contribution is -0.112. The Hall–Kier alpha value is -0.850. The highest BCUT2D eigenvalue weighted by Crippen LogP contribution is 2.43. The molecule has 1 aliphatic rings. The van der Waals surface area contributed by atoms with Gasteiger partial charge in [0.05, 0.1) is 0 Å². The second-order valence-electron chi connectivity index (χ2n) is 5.75. The molecule has 1 rings (SSSR count). The van der Waals surface area contributed by atoms with E-state index in [1.165, 1.54) is 5.57 Å². The molecule has 1 nitrogen and oxygen atoms in total. The van der Waals surface area contributed by atoms with Crippen molar-refractivity contribution in [3.05, 3.63) is 23.8 Å². The van der Waals surface area contributed by atoms with Crippen molar-refractivity contribution in [3.8, 4) is 0 Å². The maximum absolute atomic E-state index is 10.8. The summed E-state index contributed by atoms with van der Waals surface area (Å²) in [5, 5.41) is 0. The van der Waals surface area contributed by atoms with Crippen LogP contribution in [0.3, 0.4) is 0 Å². The second-order valence-corrected chi connectivity index (χ2v) is 5.75. The Bertz CT molecular complexity index is 305. The first-order valence-corrected chi connectivity index (χ1v) is 5.62. The van der Waals surface area contributed by atoms with E-state index in [1.807, 2.05) is 19.9 Å². The zero-order valence-corrected chi connectivity index (χ0v) is 10.5. The van der Waals surface area contributed by atoms with Gasteiger partial charge in [-0.3, -0.25) is 0 Å². The van der Waals surface area contributed by atoms with Crippen molar-refractivity contribution in [2.24, 2.45) is 16.7 Å². The van der Waals surface area contributed by atoms with E-state index in [9.17, 15) is 4.79 Å². The third-order valence-electron chi connectivity index (χ3n) is 3.68. The molecule has 1 unspecified atom stereocenters. The van der Waals surface area contributed by atoms with E-state index in [0.29, 0.717) is 5.92 Å². The summed E-state index contributed by atoms with van der Waals surface area (Å²) in [4.78, 5) is 10.8. The Kier molecular flexibility index (Phi) is 3.22. The van der Waals surface area contributed by atoms with Gasteiger partial charge in [-0.2, -0.15) is 0 Å². The number of carbonyl (C=O) groups excluding carboxylic acids is 1. The van der Waals surface area contributed by atoms with Crippen LogP contribution in [0, 0.1) is 16.7 Å². The molecule has 0 aromatic heterocycles. The summed E-state index contributed by atoms with van der Waals surface area (Å²) >= 11 is 0. The predicted octanol–water partition coefficient (Wildman–Crippen LogP) is 3.76. The van der Waals surface area contributed by atoms with Crippen LogP contribution in [0.1, 0.15) is 41.0 Å². The standard InChI is InChI=1S/C14H22O/c1-11-6-7-12(14(11,4)5)8-9-13(2,3)10-15/h6,8-10,12H,7H2,1-5H3/b9-8+. The third kappa shape index (κ3) is 2.58. The van der Waals surface area contributed by atoms with E-state index in [2.05, 4.69) is 32.9 Å². The zero-order valence-electron chi connectivity index (χ0n) is 10.5. The van der Waals surface area contributed by atoms with Crippen LogP contribution in [-0.4, -0.2) is 6.29 Å². The van der Waals surface area contributed by atoms with Gasteiger partial charge in [0.15, 0.2) is 0 Å². The van der Waals surface area contributed by atoms with Gasteiger partial charge >= 0.3 is 0 Å². The molecule has 0 fully saturated rings. The molecule has 84 valence electrons. The monoisotopic (exact) mass is 206 g/mol. The Morgan fingerprint density at radius 1 is 1.47 bits per heavy atom. The summed E-state index contributed by atoms with van der Waals surface area (Å²) in [5.41, 5.74) is 1.38. The van der Waals surface area contributed by atoms with E-state index in [0.717, 1.165) is 12.7 Å². The topological polar surface area (TPSA) is 17.1 Å². The van der Waals surface area contributed by atoms with Gasteiger partial charge in [-0.1, -0.05) is 37.6 Å². The zero-order chi connectivity index (χ0) is 11.7. The third-order valence-corrected chi connectivity index (χ3v) is 3.68. The summed E-state index contributed by atoms with van der Waals surface area (Å²) in [5.74, 6) is 0.539. The fraction of sp³-hybridized carbons (Fsp3) is 0.643. The van der Waals surface area contributed by atoms with E-state index in [-0.39, 0.29) is 10.8 Å². The normalized spacial score (nSPS) is 25.7. The van der Waals surface area contributed by atoms with Crippen molar-refractivity contribution in [2.75, 3.05) is 0 Å². The lowest BCUT2D eigenvalue weighted by Gasteiger charge is -2.28. The van der Waals surface area contributed by atoms with E-state index >= 15 is 0 Å². The first-order valence-electron chi connectivity index (χ1n) is 5.62. The molecular weight excluding hydrogens is 184 g/mol. The lowest BCUT2D eigenvalue weighted by atomic mass is 9.77. The summed E-state index contributed by atoms with van der Waals surface area (Å²) in [6.07, 6.45) is 8.67. The minimum Gasteiger partial charge on any atom is -0.302 e. The van der Waals surface area contributed by atoms with E-state index < -0.39 is 0 Å². The van der Waals surface area contributed by atoms with Crippen LogP contribution in [0.2, 0.25) is 0 Å². The molecule has 0 aliphatic heterocycles. The van der Waals surface area contributed by atoms with E-state index in [4.69, 9.17) is 0 Å². The molecule has 1 aliphatic carbocycles. The smallest absolute Gasteiger partial charge is 0.129 e. The molecule has 1 atom stereocenters. The van der Waals surface area contributed by atoms with E-state index in [1.54, 1.807) is 0 Å². The average Bonchev–Trinajstić information content (AvgIpc) is 2.40. The molecule has 0 radical (unpaired) electrons. The highest BCUT2D eigenvalue weighted by Gasteiger charge is 2.33. The fourth-order valence-corrected chi connectivity index (χ4v) is 1.88. The van der Waals surface area contributed by atoms with Crippen LogP contribution in [0.15, 0.2) is 23.8 Å². The molecule has 0 amide bonds. The van der Waals surface area contributed by atoms with Gasteiger partial charge < -0.3 is 4.79 Å². The minimum atomic E-state index is -0.327. The maximum atomic E-state index is 10.8. The summed E-state index contributed by atoms with van der Waals surface area (Å²) in [6.45, 7) is 10.6. The quantitative estimate of drug-likeness (QED) is 0.507. The van der Waals surface area contributed by atoms with Crippen molar-refractivity contribution >= 4 is 6.29 Å². The Morgan fingerprint density at radius 2 is 2.07 bits per heavy atom. The number of rotatable bonds is 3. The molecular formula is C14H22O. The first-order chi connectivity index (χ1) is 6.79. The number of aldehydes is 1. The van der Waals surface area contributed by atoms with Crippen LogP contribution in [0.25, 0.3) is 0 Å². The van der Waals surface area contributed by atoms with Crippen molar-refractivity contribution < 1.29 is 4.79 Å². The van der Waals surface area contributed by atoms with Gasteiger partial charge in [0.25, 0.3) is 0 Å². The van der Waals surface area contributed by atoms with Gasteiger partial charge in [0.1, 0.15) is 6.29 Å². The molecule has 0 saturated carbocycles. The molecule has 15 heavy (non-hydrogen) atoms. The summed E-state index contributed by atoms with van der Waals surface area (Å²) < 4.78 is 0. The maximum Gasteiger partial charge on any atom is 0.129 e. The second kappa shape index (κ2) is 3.96. The largest absolute Gasteiger partial charge is 0.302 e. The van der Waals surface area contributed by atoms with Crippen molar-refractivity contribution in [1.29, 1.82) is 0 Å². The number of hydrogen-bond donors (Lipinski definition) is 0. The molecule has 0 heterocycles. The van der Waals surface area contributed by atoms with Crippen LogP contribution in [-0.2, 0) is 4.79 Å². The van der Waals surface area contributed by atoms with Gasteiger partial charge in [-0.15, -0.1) is 0 Å². The number of allylic oxidation sites excluding steroid dienone is 4. The number of carbonyl (C=O) groups is 1. The Morgan fingerprint density at radius 3 is 2.47 bits per heavy atom. The van der Waals surface area contributed by atoms with Crippen LogP contribution in [0.4, 0.5) is 0 Å². The fourth-order valence-electron chi connectivity index (χ4n) is 1.88. The van der Waals surface area contributed by atoms with Crippen LogP contribution in [0.5, 0.6) is 0 Å².